The van der Waals surface area contributed by atoms with E-state index in [2.05, 4.69) is 5.32 Å². The minimum absolute atomic E-state index is 0.0199. The van der Waals surface area contributed by atoms with E-state index in [0.717, 1.165) is 4.90 Å². The van der Waals surface area contributed by atoms with Gasteiger partial charge in [0.2, 0.25) is 6.79 Å². The molecule has 0 spiro atoms. The number of nitrogens with one attached hydrogen (secondary N) is 1. The van der Waals surface area contributed by atoms with Crippen molar-refractivity contribution in [3.8, 4) is 11.5 Å². The lowest BCUT2D eigenvalue weighted by atomic mass is 10.2. The number of anilines is 1. The number of ether oxygens (including phenoxy) is 2. The molecule has 1 aromatic rings. The van der Waals surface area contributed by atoms with E-state index < -0.39 is 11.8 Å². The predicted molar refractivity (Wildman–Crippen MR) is 71.9 cm³/mol. The third kappa shape index (κ3) is 3.61. The third-order valence-electron chi connectivity index (χ3n) is 2.85. The van der Waals surface area contributed by atoms with Crippen LogP contribution in [0.3, 0.4) is 0 Å². The number of aliphatic hydroxyl groups is 2. The maximum absolute atomic E-state index is 11.9. The molecule has 3 N–H and O–H groups in total. The van der Waals surface area contributed by atoms with Gasteiger partial charge in [-0.05, 0) is 12.1 Å². The van der Waals surface area contributed by atoms with Crippen LogP contribution in [-0.2, 0) is 9.59 Å². The van der Waals surface area contributed by atoms with Crippen LogP contribution in [0.2, 0.25) is 0 Å². The summed E-state index contributed by atoms with van der Waals surface area (Å²) in [6.45, 7) is -0.500. The van der Waals surface area contributed by atoms with Crippen molar-refractivity contribution in [1.29, 1.82) is 0 Å². The minimum Gasteiger partial charge on any atom is -0.454 e. The van der Waals surface area contributed by atoms with Gasteiger partial charge in [-0.25, -0.2) is 0 Å². The first-order valence-electron chi connectivity index (χ1n) is 6.37. The molecule has 0 aromatic heterocycles. The van der Waals surface area contributed by atoms with Crippen LogP contribution in [-0.4, -0.2) is 60.0 Å². The quantitative estimate of drug-likeness (QED) is 0.612. The smallest absolute Gasteiger partial charge is 0.313 e. The molecule has 2 rings (SSSR count). The molecule has 0 saturated heterocycles. The second-order valence-corrected chi connectivity index (χ2v) is 4.26. The first kappa shape index (κ1) is 15.1. The van der Waals surface area contributed by atoms with Crippen LogP contribution in [0.1, 0.15) is 0 Å². The Morgan fingerprint density at radius 3 is 2.48 bits per heavy atom. The van der Waals surface area contributed by atoms with Crippen molar-refractivity contribution in [2.75, 3.05) is 38.4 Å². The lowest BCUT2D eigenvalue weighted by Crippen LogP contribution is -2.42. The summed E-state index contributed by atoms with van der Waals surface area (Å²) < 4.78 is 10.3. The molecule has 8 nitrogen and oxygen atoms in total. The molecule has 0 fully saturated rings. The zero-order chi connectivity index (χ0) is 15.2. The Bertz CT molecular complexity index is 527. The van der Waals surface area contributed by atoms with E-state index in [1.807, 2.05) is 0 Å². The molecule has 0 atom stereocenters. The van der Waals surface area contributed by atoms with Crippen molar-refractivity contribution in [2.24, 2.45) is 0 Å². The summed E-state index contributed by atoms with van der Waals surface area (Å²) in [4.78, 5) is 24.8. The Hall–Kier alpha value is -2.32. The number of hydrogen-bond acceptors (Lipinski definition) is 6. The second-order valence-electron chi connectivity index (χ2n) is 4.26. The molecule has 2 amide bonds. The van der Waals surface area contributed by atoms with Gasteiger partial charge < -0.3 is 29.9 Å². The summed E-state index contributed by atoms with van der Waals surface area (Å²) in [6.07, 6.45) is 0. The Kier molecular flexibility index (Phi) is 4.96. The number of nitrogens with zero attached hydrogens (tertiary/aromatic N) is 1. The lowest BCUT2D eigenvalue weighted by molar-refractivity contribution is -0.143. The molecule has 21 heavy (non-hydrogen) atoms. The summed E-state index contributed by atoms with van der Waals surface area (Å²) in [5.41, 5.74) is 0.394. The molecule has 114 valence electrons. The van der Waals surface area contributed by atoms with Crippen molar-refractivity contribution >= 4 is 17.5 Å². The molecule has 1 aromatic carbocycles. The number of rotatable bonds is 5. The van der Waals surface area contributed by atoms with Gasteiger partial charge in [-0.1, -0.05) is 0 Å². The first-order valence-corrected chi connectivity index (χ1v) is 6.37. The van der Waals surface area contributed by atoms with Gasteiger partial charge in [-0.15, -0.1) is 0 Å². The SMILES string of the molecule is O=C(Nc1ccc2c(c1)OCO2)C(=O)N(CCO)CCO. The average Bonchev–Trinajstić information content (AvgIpc) is 2.93. The van der Waals surface area contributed by atoms with Gasteiger partial charge in [0.25, 0.3) is 0 Å². The standard InChI is InChI=1S/C13H16N2O6/c16-5-3-15(4-6-17)13(19)12(18)14-9-1-2-10-11(7-9)21-8-20-10/h1-2,7,16-17H,3-6,8H2,(H,14,18). The number of amides is 2. The van der Waals surface area contributed by atoms with Gasteiger partial charge in [0.1, 0.15) is 0 Å². The van der Waals surface area contributed by atoms with Gasteiger partial charge >= 0.3 is 11.8 Å². The summed E-state index contributed by atoms with van der Waals surface area (Å²) in [5, 5.41) is 20.1. The van der Waals surface area contributed by atoms with Gasteiger partial charge in [-0.3, -0.25) is 9.59 Å². The molecule has 1 heterocycles. The van der Waals surface area contributed by atoms with Gasteiger partial charge in [0.05, 0.1) is 13.2 Å². The van der Waals surface area contributed by atoms with E-state index >= 15 is 0 Å². The Labute approximate surface area is 120 Å². The van der Waals surface area contributed by atoms with Crippen LogP contribution < -0.4 is 14.8 Å². The predicted octanol–water partition coefficient (Wildman–Crippen LogP) is -0.833. The van der Waals surface area contributed by atoms with E-state index in [1.165, 1.54) is 0 Å². The van der Waals surface area contributed by atoms with Crippen molar-refractivity contribution in [3.63, 3.8) is 0 Å². The molecule has 0 unspecified atom stereocenters. The van der Waals surface area contributed by atoms with E-state index in [1.54, 1.807) is 18.2 Å². The van der Waals surface area contributed by atoms with Crippen molar-refractivity contribution in [1.82, 2.24) is 4.90 Å². The molecular weight excluding hydrogens is 280 g/mol. The highest BCUT2D eigenvalue weighted by Gasteiger charge is 2.22. The molecule has 0 saturated carbocycles. The molecule has 0 bridgehead atoms. The number of carbonyl (C=O) groups excluding carboxylic acids is 2. The monoisotopic (exact) mass is 296 g/mol. The minimum atomic E-state index is -0.851. The number of benzene rings is 1. The Morgan fingerprint density at radius 1 is 1.14 bits per heavy atom. The highest BCUT2D eigenvalue weighted by Crippen LogP contribution is 2.34. The maximum atomic E-state index is 11.9. The zero-order valence-corrected chi connectivity index (χ0v) is 11.2. The van der Waals surface area contributed by atoms with Crippen LogP contribution >= 0.6 is 0 Å². The fourth-order valence-electron chi connectivity index (χ4n) is 1.86. The van der Waals surface area contributed by atoms with Gasteiger partial charge in [0, 0.05) is 24.8 Å². The summed E-state index contributed by atoms with van der Waals surface area (Å²) in [7, 11) is 0. The van der Waals surface area contributed by atoms with Crippen LogP contribution in [0.25, 0.3) is 0 Å². The Balaban J connectivity index is 2.01. The number of aliphatic hydroxyl groups excluding tert-OH is 2. The molecule has 0 aliphatic carbocycles. The molecule has 1 aliphatic heterocycles. The fourth-order valence-corrected chi connectivity index (χ4v) is 1.86. The van der Waals surface area contributed by atoms with Crippen molar-refractivity contribution in [2.45, 2.75) is 0 Å². The Morgan fingerprint density at radius 2 is 1.81 bits per heavy atom. The van der Waals surface area contributed by atoms with Crippen LogP contribution in [0.5, 0.6) is 11.5 Å². The lowest BCUT2D eigenvalue weighted by Gasteiger charge is -2.19. The largest absolute Gasteiger partial charge is 0.454 e. The second kappa shape index (κ2) is 6.91. The molecule has 1 aliphatic rings. The zero-order valence-electron chi connectivity index (χ0n) is 11.2. The summed E-state index contributed by atoms with van der Waals surface area (Å²) >= 11 is 0. The van der Waals surface area contributed by atoms with E-state index in [9.17, 15) is 9.59 Å². The molecule has 0 radical (unpaired) electrons. The fraction of sp³-hybridized carbons (Fsp3) is 0.385. The van der Waals surface area contributed by atoms with Crippen LogP contribution in [0.15, 0.2) is 18.2 Å². The van der Waals surface area contributed by atoms with Crippen LogP contribution in [0, 0.1) is 0 Å². The highest BCUT2D eigenvalue weighted by atomic mass is 16.7. The van der Waals surface area contributed by atoms with E-state index in [0.29, 0.717) is 17.2 Å². The molecular formula is C13H16N2O6. The average molecular weight is 296 g/mol. The van der Waals surface area contributed by atoms with E-state index in [4.69, 9.17) is 19.7 Å². The van der Waals surface area contributed by atoms with Gasteiger partial charge in [0.15, 0.2) is 11.5 Å². The van der Waals surface area contributed by atoms with E-state index in [-0.39, 0.29) is 33.1 Å². The maximum Gasteiger partial charge on any atom is 0.313 e. The normalized spacial score (nSPS) is 12.1. The van der Waals surface area contributed by atoms with Gasteiger partial charge in [-0.2, -0.15) is 0 Å². The summed E-state index contributed by atoms with van der Waals surface area (Å²) in [6, 6.07) is 4.76. The first-order chi connectivity index (χ1) is 10.2. The number of hydrogen-bond donors (Lipinski definition) is 3. The van der Waals surface area contributed by atoms with Crippen LogP contribution in [0.4, 0.5) is 5.69 Å². The third-order valence-corrected chi connectivity index (χ3v) is 2.85. The number of carbonyl (C=O) groups is 2. The molecule has 8 heteroatoms. The topological polar surface area (TPSA) is 108 Å². The van der Waals surface area contributed by atoms with Crippen molar-refractivity contribution < 1.29 is 29.3 Å². The highest BCUT2D eigenvalue weighted by molar-refractivity contribution is 6.39. The summed E-state index contributed by atoms with van der Waals surface area (Å²) in [5.74, 6) is -0.615. The van der Waals surface area contributed by atoms with Crippen molar-refractivity contribution in [3.05, 3.63) is 18.2 Å². The number of fused-ring (bicyclic) bond motifs is 1.